The van der Waals surface area contributed by atoms with Crippen LogP contribution < -0.4 is 9.47 Å². The van der Waals surface area contributed by atoms with E-state index in [9.17, 15) is 15.0 Å². The second kappa shape index (κ2) is 8.69. The molecule has 8 nitrogen and oxygen atoms in total. The number of ether oxygens (including phenoxy) is 3. The van der Waals surface area contributed by atoms with Gasteiger partial charge in [0.15, 0.2) is 23.0 Å². The molecule has 0 aliphatic carbocycles. The molecule has 4 aromatic rings. The normalized spacial score (nSPS) is 10.5. The first-order valence-corrected chi connectivity index (χ1v) is 9.30. The van der Waals surface area contributed by atoms with Gasteiger partial charge in [0.1, 0.15) is 5.69 Å². The molecular weight excluding hydrogens is 388 g/mol. The van der Waals surface area contributed by atoms with Crippen molar-refractivity contribution in [1.29, 1.82) is 0 Å². The van der Waals surface area contributed by atoms with Crippen molar-refractivity contribution in [3.63, 3.8) is 0 Å². The lowest BCUT2D eigenvalue weighted by atomic mass is 10.2. The lowest BCUT2D eigenvalue weighted by Gasteiger charge is -2.03. The Balaban J connectivity index is 0.000000177. The van der Waals surface area contributed by atoms with Gasteiger partial charge in [-0.25, -0.2) is 4.79 Å². The molecular formula is C22H24N2O6. The molecule has 0 saturated heterocycles. The van der Waals surface area contributed by atoms with Crippen LogP contribution in [-0.2, 0) is 4.74 Å². The average Bonchev–Trinajstić information content (AvgIpc) is 3.32. The number of aromatic nitrogens is 2. The minimum atomic E-state index is -0.426. The van der Waals surface area contributed by atoms with Gasteiger partial charge in [0, 0.05) is 16.5 Å². The van der Waals surface area contributed by atoms with E-state index in [2.05, 4.69) is 9.97 Å². The van der Waals surface area contributed by atoms with Gasteiger partial charge in [-0.1, -0.05) is 0 Å². The van der Waals surface area contributed by atoms with Crippen LogP contribution in [0.15, 0.2) is 36.4 Å². The molecule has 4 N–H and O–H groups in total. The van der Waals surface area contributed by atoms with E-state index in [1.165, 1.54) is 20.3 Å². The Hall–Kier alpha value is -3.81. The van der Waals surface area contributed by atoms with Gasteiger partial charge in [0.05, 0.1) is 31.9 Å². The molecule has 0 fully saturated rings. The molecule has 30 heavy (non-hydrogen) atoms. The number of H-pyrrole nitrogens is 2. The standard InChI is InChI=1S/C12H13NO4.C10H11NO2/c1-3-17-12(15)8-6-7-4-5-9(14)11(16-2)10(7)13-8;1-6-5-7-3-4-8(13-2)10(12)9(7)11-6/h4-6,13-14H,3H2,1-2H3;3-5,11-12H,1-2H3. The quantitative estimate of drug-likeness (QED) is 0.372. The number of esters is 1. The van der Waals surface area contributed by atoms with Crippen LogP contribution in [0.3, 0.4) is 0 Å². The lowest BCUT2D eigenvalue weighted by Crippen LogP contribution is -2.04. The molecule has 0 atom stereocenters. The maximum Gasteiger partial charge on any atom is 0.354 e. The highest BCUT2D eigenvalue weighted by Crippen LogP contribution is 2.35. The molecule has 2 aromatic heterocycles. The number of methoxy groups -OCH3 is 2. The summed E-state index contributed by atoms with van der Waals surface area (Å²) in [5.74, 6) is 0.586. The zero-order valence-electron chi connectivity index (χ0n) is 17.2. The number of fused-ring (bicyclic) bond motifs is 2. The van der Waals surface area contributed by atoms with Crippen LogP contribution in [0.5, 0.6) is 23.0 Å². The van der Waals surface area contributed by atoms with Crippen LogP contribution in [0.2, 0.25) is 0 Å². The summed E-state index contributed by atoms with van der Waals surface area (Å²) in [4.78, 5) is 17.5. The van der Waals surface area contributed by atoms with Crippen LogP contribution >= 0.6 is 0 Å². The predicted octanol–water partition coefficient (Wildman–Crippen LogP) is 4.25. The Morgan fingerprint density at radius 3 is 2.33 bits per heavy atom. The van der Waals surface area contributed by atoms with Crippen molar-refractivity contribution in [2.24, 2.45) is 0 Å². The van der Waals surface area contributed by atoms with Crippen molar-refractivity contribution in [3.05, 3.63) is 47.8 Å². The Kier molecular flexibility index (Phi) is 6.06. The van der Waals surface area contributed by atoms with E-state index in [4.69, 9.17) is 14.2 Å². The number of nitrogens with one attached hydrogen (secondary N) is 2. The number of carbonyl (C=O) groups excluding carboxylic acids is 1. The molecule has 0 saturated carbocycles. The summed E-state index contributed by atoms with van der Waals surface area (Å²) in [5.41, 5.74) is 2.68. The third kappa shape index (κ3) is 3.98. The van der Waals surface area contributed by atoms with Crippen molar-refractivity contribution in [2.75, 3.05) is 20.8 Å². The molecule has 2 heterocycles. The van der Waals surface area contributed by atoms with E-state index >= 15 is 0 Å². The first kappa shape index (κ1) is 20.9. The molecule has 158 valence electrons. The monoisotopic (exact) mass is 412 g/mol. The molecule has 8 heteroatoms. The number of rotatable bonds is 4. The topological polar surface area (TPSA) is 117 Å². The SMILES string of the molecule is CCOC(=O)c1cc2ccc(O)c(OC)c2[nH]1.COc1ccc2cc(C)[nH]c2c1O. The predicted molar refractivity (Wildman–Crippen MR) is 114 cm³/mol. The number of hydrogen-bond acceptors (Lipinski definition) is 6. The van der Waals surface area contributed by atoms with E-state index in [0.29, 0.717) is 29.3 Å². The molecule has 0 aliphatic rings. The minimum absolute atomic E-state index is 0.0252. The van der Waals surface area contributed by atoms with Gasteiger partial charge < -0.3 is 34.4 Å². The molecule has 0 unspecified atom stereocenters. The maximum absolute atomic E-state index is 11.5. The summed E-state index contributed by atoms with van der Waals surface area (Å²) >= 11 is 0. The Labute approximate surface area is 173 Å². The zero-order chi connectivity index (χ0) is 21.8. The van der Waals surface area contributed by atoms with Crippen molar-refractivity contribution >= 4 is 27.8 Å². The second-order valence-corrected chi connectivity index (χ2v) is 6.52. The largest absolute Gasteiger partial charge is 0.504 e. The van der Waals surface area contributed by atoms with Crippen molar-refractivity contribution < 1.29 is 29.2 Å². The number of aromatic hydroxyl groups is 2. The Morgan fingerprint density at radius 1 is 0.967 bits per heavy atom. The fraction of sp³-hybridized carbons (Fsp3) is 0.227. The number of aryl methyl sites for hydroxylation is 1. The summed E-state index contributed by atoms with van der Waals surface area (Å²) in [6.07, 6.45) is 0. The number of phenolic OH excluding ortho intramolecular Hbond substituents is 2. The van der Waals surface area contributed by atoms with Gasteiger partial charge in [-0.15, -0.1) is 0 Å². The smallest absolute Gasteiger partial charge is 0.354 e. The lowest BCUT2D eigenvalue weighted by molar-refractivity contribution is 0.0520. The van der Waals surface area contributed by atoms with Crippen molar-refractivity contribution in [3.8, 4) is 23.0 Å². The first-order chi connectivity index (χ1) is 14.4. The highest BCUT2D eigenvalue weighted by atomic mass is 16.5. The van der Waals surface area contributed by atoms with Crippen LogP contribution in [0.4, 0.5) is 0 Å². The van der Waals surface area contributed by atoms with E-state index in [1.54, 1.807) is 25.1 Å². The summed E-state index contributed by atoms with van der Waals surface area (Å²) in [6.45, 7) is 4.01. The van der Waals surface area contributed by atoms with Gasteiger partial charge in [-0.05, 0) is 50.2 Å². The fourth-order valence-electron chi connectivity index (χ4n) is 3.16. The van der Waals surface area contributed by atoms with Crippen LogP contribution in [-0.4, -0.2) is 47.0 Å². The van der Waals surface area contributed by atoms with Crippen molar-refractivity contribution in [1.82, 2.24) is 9.97 Å². The average molecular weight is 412 g/mol. The van der Waals surface area contributed by atoms with Gasteiger partial charge in [-0.2, -0.15) is 0 Å². The van der Waals surface area contributed by atoms with E-state index in [1.807, 2.05) is 19.1 Å². The van der Waals surface area contributed by atoms with Crippen molar-refractivity contribution in [2.45, 2.75) is 13.8 Å². The number of aromatic amines is 2. The summed E-state index contributed by atoms with van der Waals surface area (Å²) in [5, 5.41) is 21.1. The Morgan fingerprint density at radius 2 is 1.67 bits per heavy atom. The molecule has 2 aromatic carbocycles. The van der Waals surface area contributed by atoms with Crippen LogP contribution in [0, 0.1) is 6.92 Å². The minimum Gasteiger partial charge on any atom is -0.504 e. The van der Waals surface area contributed by atoms with E-state index in [-0.39, 0.29) is 11.5 Å². The van der Waals surface area contributed by atoms with Gasteiger partial charge in [0.25, 0.3) is 0 Å². The number of hydrogen-bond donors (Lipinski definition) is 4. The zero-order valence-corrected chi connectivity index (χ0v) is 17.2. The summed E-state index contributed by atoms with van der Waals surface area (Å²) in [6, 6.07) is 10.5. The highest BCUT2D eigenvalue weighted by molar-refractivity contribution is 5.97. The molecule has 0 amide bonds. The third-order valence-electron chi connectivity index (χ3n) is 4.52. The number of benzene rings is 2. The van der Waals surface area contributed by atoms with Gasteiger partial charge >= 0.3 is 5.97 Å². The van der Waals surface area contributed by atoms with E-state index < -0.39 is 5.97 Å². The third-order valence-corrected chi connectivity index (χ3v) is 4.52. The molecule has 0 aliphatic heterocycles. The summed E-state index contributed by atoms with van der Waals surface area (Å²) in [7, 11) is 3.00. The molecule has 4 rings (SSSR count). The van der Waals surface area contributed by atoms with E-state index in [0.717, 1.165) is 22.0 Å². The molecule has 0 bridgehead atoms. The highest BCUT2D eigenvalue weighted by Gasteiger charge is 2.15. The first-order valence-electron chi connectivity index (χ1n) is 9.30. The van der Waals surface area contributed by atoms with Crippen LogP contribution in [0.25, 0.3) is 21.8 Å². The fourth-order valence-corrected chi connectivity index (χ4v) is 3.16. The Bertz CT molecular complexity index is 1190. The molecule has 0 spiro atoms. The van der Waals surface area contributed by atoms with Crippen LogP contribution in [0.1, 0.15) is 23.1 Å². The molecule has 0 radical (unpaired) electrons. The second-order valence-electron chi connectivity index (χ2n) is 6.52. The summed E-state index contributed by atoms with van der Waals surface area (Å²) < 4.78 is 15.0. The van der Waals surface area contributed by atoms with Gasteiger partial charge in [-0.3, -0.25) is 0 Å². The maximum atomic E-state index is 11.5. The number of carbonyl (C=O) groups is 1. The number of phenols is 2. The van der Waals surface area contributed by atoms with Gasteiger partial charge in [0.2, 0.25) is 0 Å².